The fourth-order valence-electron chi connectivity index (χ4n) is 2.33. The number of rotatable bonds is 6. The fourth-order valence-corrected chi connectivity index (χ4v) is 2.52. The molecular weight excluding hydrogens is 322 g/mol. The molecule has 0 aliphatic rings. The summed E-state index contributed by atoms with van der Waals surface area (Å²) < 4.78 is 0. The topological polar surface area (TPSA) is 53.9 Å². The van der Waals surface area contributed by atoms with Gasteiger partial charge in [-0.1, -0.05) is 48.0 Å². The van der Waals surface area contributed by atoms with Gasteiger partial charge >= 0.3 is 0 Å². The normalized spacial score (nSPS) is 10.4. The maximum atomic E-state index is 6.01. The average molecular weight is 340 g/mol. The SMILES string of the molecule is CCN(Cc1ccccc1)c1nncc(Nc2cccc(Cl)c2)n1. The molecular formula is C18H18ClN5. The zero-order valence-corrected chi connectivity index (χ0v) is 14.1. The molecule has 0 amide bonds. The highest BCUT2D eigenvalue weighted by atomic mass is 35.5. The maximum Gasteiger partial charge on any atom is 0.247 e. The zero-order chi connectivity index (χ0) is 16.8. The number of aromatic nitrogens is 3. The smallest absolute Gasteiger partial charge is 0.247 e. The summed E-state index contributed by atoms with van der Waals surface area (Å²) in [6.45, 7) is 3.60. The van der Waals surface area contributed by atoms with E-state index in [9.17, 15) is 0 Å². The molecule has 6 heteroatoms. The second-order valence-electron chi connectivity index (χ2n) is 5.28. The van der Waals surface area contributed by atoms with E-state index in [1.165, 1.54) is 5.56 Å². The van der Waals surface area contributed by atoms with E-state index in [0.717, 1.165) is 18.8 Å². The van der Waals surface area contributed by atoms with Gasteiger partial charge in [0, 0.05) is 23.8 Å². The molecule has 1 heterocycles. The van der Waals surface area contributed by atoms with Crippen molar-refractivity contribution in [2.75, 3.05) is 16.8 Å². The van der Waals surface area contributed by atoms with Gasteiger partial charge in [0.1, 0.15) is 0 Å². The molecule has 24 heavy (non-hydrogen) atoms. The Labute approximate surface area is 146 Å². The summed E-state index contributed by atoms with van der Waals surface area (Å²) in [5.41, 5.74) is 2.07. The Balaban J connectivity index is 1.78. The number of benzene rings is 2. The van der Waals surface area contributed by atoms with E-state index in [4.69, 9.17) is 11.6 Å². The standard InChI is InChI=1S/C18H18ClN5/c1-2-24(13-14-7-4-3-5-8-14)18-22-17(12-20-23-18)21-16-10-6-9-15(19)11-16/h3-12H,2,13H2,1H3,(H,21,22,23). The fraction of sp³-hybridized carbons (Fsp3) is 0.167. The van der Waals surface area contributed by atoms with Crippen molar-refractivity contribution in [2.45, 2.75) is 13.5 Å². The minimum atomic E-state index is 0.591. The van der Waals surface area contributed by atoms with Crippen molar-refractivity contribution in [3.63, 3.8) is 0 Å². The summed E-state index contributed by atoms with van der Waals surface area (Å²) in [5, 5.41) is 12.1. The second kappa shape index (κ2) is 7.75. The Morgan fingerprint density at radius 1 is 1.08 bits per heavy atom. The van der Waals surface area contributed by atoms with Crippen molar-refractivity contribution in [1.82, 2.24) is 15.2 Å². The summed E-state index contributed by atoms with van der Waals surface area (Å²) in [4.78, 5) is 6.64. The molecule has 0 saturated heterocycles. The molecule has 1 N–H and O–H groups in total. The molecule has 0 bridgehead atoms. The van der Waals surface area contributed by atoms with E-state index in [1.807, 2.05) is 42.5 Å². The first-order chi connectivity index (χ1) is 11.7. The molecule has 0 aliphatic carbocycles. The molecule has 5 nitrogen and oxygen atoms in total. The Bertz CT molecular complexity index is 794. The van der Waals surface area contributed by atoms with Crippen LogP contribution in [0.3, 0.4) is 0 Å². The van der Waals surface area contributed by atoms with Crippen LogP contribution in [0.15, 0.2) is 60.8 Å². The molecule has 0 fully saturated rings. The number of anilines is 3. The van der Waals surface area contributed by atoms with Crippen LogP contribution in [-0.2, 0) is 6.54 Å². The highest BCUT2D eigenvalue weighted by Crippen LogP contribution is 2.20. The molecule has 1 aromatic heterocycles. The Morgan fingerprint density at radius 2 is 1.92 bits per heavy atom. The molecule has 0 saturated carbocycles. The summed E-state index contributed by atoms with van der Waals surface area (Å²) >= 11 is 6.01. The number of nitrogens with one attached hydrogen (secondary N) is 1. The number of halogens is 1. The number of hydrogen-bond donors (Lipinski definition) is 1. The largest absolute Gasteiger partial charge is 0.339 e. The van der Waals surface area contributed by atoms with Crippen LogP contribution in [0.5, 0.6) is 0 Å². The van der Waals surface area contributed by atoms with Gasteiger partial charge in [-0.15, -0.1) is 5.10 Å². The predicted octanol–water partition coefficient (Wildman–Crippen LogP) is 4.30. The lowest BCUT2D eigenvalue weighted by molar-refractivity contribution is 0.771. The summed E-state index contributed by atoms with van der Waals surface area (Å²) in [6, 6.07) is 17.7. The highest BCUT2D eigenvalue weighted by molar-refractivity contribution is 6.30. The van der Waals surface area contributed by atoms with Crippen LogP contribution in [0.25, 0.3) is 0 Å². The first-order valence-electron chi connectivity index (χ1n) is 7.76. The van der Waals surface area contributed by atoms with Gasteiger partial charge in [-0.05, 0) is 30.7 Å². The zero-order valence-electron chi connectivity index (χ0n) is 13.4. The predicted molar refractivity (Wildman–Crippen MR) is 97.7 cm³/mol. The Hall–Kier alpha value is -2.66. The summed E-state index contributed by atoms with van der Waals surface area (Å²) in [7, 11) is 0. The van der Waals surface area contributed by atoms with Gasteiger partial charge in [0.15, 0.2) is 5.82 Å². The highest BCUT2D eigenvalue weighted by Gasteiger charge is 2.10. The van der Waals surface area contributed by atoms with Crippen molar-refractivity contribution >= 4 is 29.1 Å². The molecule has 122 valence electrons. The first kappa shape index (κ1) is 16.2. The van der Waals surface area contributed by atoms with E-state index >= 15 is 0 Å². The van der Waals surface area contributed by atoms with Gasteiger partial charge in [-0.3, -0.25) is 0 Å². The van der Waals surface area contributed by atoms with E-state index in [0.29, 0.717) is 16.8 Å². The lowest BCUT2D eigenvalue weighted by Crippen LogP contribution is -2.24. The lowest BCUT2D eigenvalue weighted by Gasteiger charge is -2.20. The van der Waals surface area contributed by atoms with E-state index in [2.05, 4.69) is 44.5 Å². The first-order valence-corrected chi connectivity index (χ1v) is 8.13. The quantitative estimate of drug-likeness (QED) is 0.725. The minimum Gasteiger partial charge on any atom is -0.339 e. The molecule has 2 aromatic carbocycles. The van der Waals surface area contributed by atoms with Gasteiger partial charge in [0.25, 0.3) is 0 Å². The number of nitrogens with zero attached hydrogens (tertiary/aromatic N) is 4. The molecule has 3 aromatic rings. The molecule has 3 rings (SSSR count). The van der Waals surface area contributed by atoms with Gasteiger partial charge < -0.3 is 10.2 Å². The van der Waals surface area contributed by atoms with E-state index in [-0.39, 0.29) is 0 Å². The minimum absolute atomic E-state index is 0.591. The van der Waals surface area contributed by atoms with Crippen molar-refractivity contribution in [2.24, 2.45) is 0 Å². The van der Waals surface area contributed by atoms with Crippen molar-refractivity contribution in [1.29, 1.82) is 0 Å². The summed E-state index contributed by atoms with van der Waals surface area (Å²) in [5.74, 6) is 1.22. The van der Waals surface area contributed by atoms with Crippen molar-refractivity contribution < 1.29 is 0 Å². The van der Waals surface area contributed by atoms with E-state index in [1.54, 1.807) is 6.20 Å². The van der Waals surface area contributed by atoms with Crippen molar-refractivity contribution in [3.05, 3.63) is 71.4 Å². The van der Waals surface area contributed by atoms with Gasteiger partial charge in [-0.2, -0.15) is 10.1 Å². The molecule has 0 aliphatic heterocycles. The van der Waals surface area contributed by atoms with Crippen molar-refractivity contribution in [3.8, 4) is 0 Å². The summed E-state index contributed by atoms with van der Waals surface area (Å²) in [6.07, 6.45) is 1.60. The third kappa shape index (κ3) is 4.20. The molecule has 0 spiro atoms. The third-order valence-electron chi connectivity index (χ3n) is 3.53. The Morgan fingerprint density at radius 3 is 2.67 bits per heavy atom. The third-order valence-corrected chi connectivity index (χ3v) is 3.76. The van der Waals surface area contributed by atoms with Crippen LogP contribution >= 0.6 is 11.6 Å². The van der Waals surface area contributed by atoms with Gasteiger partial charge in [-0.25, -0.2) is 0 Å². The van der Waals surface area contributed by atoms with Gasteiger partial charge in [0.05, 0.1) is 6.20 Å². The van der Waals surface area contributed by atoms with Crippen LogP contribution in [0.4, 0.5) is 17.5 Å². The monoisotopic (exact) mass is 339 g/mol. The van der Waals surface area contributed by atoms with Gasteiger partial charge in [0.2, 0.25) is 5.95 Å². The average Bonchev–Trinajstić information content (AvgIpc) is 2.61. The van der Waals surface area contributed by atoms with E-state index < -0.39 is 0 Å². The molecule has 0 radical (unpaired) electrons. The van der Waals surface area contributed by atoms with Crippen LogP contribution in [0, 0.1) is 0 Å². The molecule has 0 atom stereocenters. The number of hydrogen-bond acceptors (Lipinski definition) is 5. The van der Waals surface area contributed by atoms with Crippen LogP contribution in [0.2, 0.25) is 5.02 Å². The Kier molecular flexibility index (Phi) is 5.23. The molecule has 0 unspecified atom stereocenters. The van der Waals surface area contributed by atoms with Crippen LogP contribution < -0.4 is 10.2 Å². The second-order valence-corrected chi connectivity index (χ2v) is 5.71. The maximum absolute atomic E-state index is 6.01. The van der Waals surface area contributed by atoms with Crippen LogP contribution in [-0.4, -0.2) is 21.7 Å². The lowest BCUT2D eigenvalue weighted by atomic mass is 10.2. The van der Waals surface area contributed by atoms with Crippen LogP contribution in [0.1, 0.15) is 12.5 Å².